The second kappa shape index (κ2) is 8.01. The van der Waals surface area contributed by atoms with E-state index in [0.29, 0.717) is 5.56 Å². The Kier molecular flexibility index (Phi) is 6.78. The molecule has 0 saturated carbocycles. The highest BCUT2D eigenvalue weighted by atomic mass is 35.5. The summed E-state index contributed by atoms with van der Waals surface area (Å²) in [5.74, 6) is -0.773. The van der Waals surface area contributed by atoms with Crippen molar-refractivity contribution in [2.75, 3.05) is 14.1 Å². The first-order valence-electron chi connectivity index (χ1n) is 6.89. The zero-order chi connectivity index (χ0) is 18.1. The number of hydrogen-bond donors (Lipinski definition) is 2. The van der Waals surface area contributed by atoms with Gasteiger partial charge in [-0.2, -0.15) is 0 Å². The molecule has 136 valence electrons. The average molecular weight is 405 g/mol. The van der Waals surface area contributed by atoms with Crippen LogP contribution in [0.2, 0.25) is 5.02 Å². The summed E-state index contributed by atoms with van der Waals surface area (Å²) in [4.78, 5) is 11.5. The van der Waals surface area contributed by atoms with Crippen molar-refractivity contribution in [1.82, 2.24) is 8.87 Å². The third kappa shape index (κ3) is 4.40. The molecule has 0 aliphatic rings. The Morgan fingerprint density at radius 3 is 2.48 bits per heavy atom. The molecular weight excluding hydrogens is 387 g/mol. The molecule has 7 nitrogen and oxygen atoms in total. The van der Waals surface area contributed by atoms with Crippen molar-refractivity contribution in [1.29, 1.82) is 5.41 Å². The van der Waals surface area contributed by atoms with Crippen LogP contribution in [0.5, 0.6) is 0 Å². The van der Waals surface area contributed by atoms with Gasteiger partial charge in [-0.25, -0.2) is 12.7 Å². The largest absolute Gasteiger partial charge is 0.365 e. The number of carbonyl (C=O) groups excluding carboxylic acids is 1. The molecule has 0 unspecified atom stereocenters. The molecule has 1 amide bonds. The average Bonchev–Trinajstić information content (AvgIpc) is 2.50. The standard InChI is InChI=1S/C15H17ClN4O3S.ClH/c1-19(2)24(22,23)13-6-4-3-5-10(13)8-20-9-11(16)7-12(14(20)17)15(18)21;/h3-7,9,17H,8H2,1-2H3,(H2,18,21);1H. The smallest absolute Gasteiger partial charge is 0.252 e. The van der Waals surface area contributed by atoms with Crippen molar-refractivity contribution in [3.63, 3.8) is 0 Å². The number of aromatic nitrogens is 1. The minimum Gasteiger partial charge on any atom is -0.365 e. The minimum atomic E-state index is -3.64. The van der Waals surface area contributed by atoms with E-state index in [4.69, 9.17) is 22.7 Å². The lowest BCUT2D eigenvalue weighted by molar-refractivity contribution is 0.0997. The van der Waals surface area contributed by atoms with Gasteiger partial charge < -0.3 is 10.3 Å². The number of primary amides is 1. The summed E-state index contributed by atoms with van der Waals surface area (Å²) in [7, 11) is -0.755. The number of benzene rings is 1. The predicted molar refractivity (Wildman–Crippen MR) is 97.5 cm³/mol. The van der Waals surface area contributed by atoms with E-state index in [-0.39, 0.29) is 39.9 Å². The Hall–Kier alpha value is -1.87. The van der Waals surface area contributed by atoms with E-state index in [1.165, 1.54) is 37.0 Å². The zero-order valence-corrected chi connectivity index (χ0v) is 16.0. The lowest BCUT2D eigenvalue weighted by atomic mass is 10.2. The van der Waals surface area contributed by atoms with Crippen molar-refractivity contribution < 1.29 is 13.2 Å². The summed E-state index contributed by atoms with van der Waals surface area (Å²) >= 11 is 5.97. The topological polar surface area (TPSA) is 109 Å². The lowest BCUT2D eigenvalue weighted by Crippen LogP contribution is -2.30. The molecule has 1 aromatic heterocycles. The van der Waals surface area contributed by atoms with Gasteiger partial charge in [0.15, 0.2) is 0 Å². The number of halogens is 2. The maximum absolute atomic E-state index is 12.4. The monoisotopic (exact) mass is 404 g/mol. The third-order valence-electron chi connectivity index (χ3n) is 3.44. The Labute approximate surface area is 157 Å². The number of nitrogens with zero attached hydrogens (tertiary/aromatic N) is 2. The van der Waals surface area contributed by atoms with Gasteiger partial charge in [0, 0.05) is 20.3 Å². The second-order valence-electron chi connectivity index (χ2n) is 5.31. The van der Waals surface area contributed by atoms with Crippen LogP contribution < -0.4 is 11.2 Å². The zero-order valence-electron chi connectivity index (χ0n) is 13.6. The highest BCUT2D eigenvalue weighted by Gasteiger charge is 2.21. The summed E-state index contributed by atoms with van der Waals surface area (Å²) < 4.78 is 27.4. The van der Waals surface area contributed by atoms with E-state index in [2.05, 4.69) is 0 Å². The van der Waals surface area contributed by atoms with E-state index in [9.17, 15) is 13.2 Å². The SMILES string of the molecule is CN(C)S(=O)(=O)c1ccccc1Cn1cc(Cl)cc(C(N)=O)c1=N.Cl. The van der Waals surface area contributed by atoms with Crippen LogP contribution >= 0.6 is 24.0 Å². The summed E-state index contributed by atoms with van der Waals surface area (Å²) in [6.45, 7) is 0.0584. The molecule has 0 bridgehead atoms. The molecule has 1 heterocycles. The number of hydrogen-bond acceptors (Lipinski definition) is 4. The van der Waals surface area contributed by atoms with Crippen molar-refractivity contribution in [2.24, 2.45) is 5.73 Å². The van der Waals surface area contributed by atoms with Crippen LogP contribution in [0.15, 0.2) is 41.4 Å². The van der Waals surface area contributed by atoms with Gasteiger partial charge in [-0.1, -0.05) is 29.8 Å². The Bertz CT molecular complexity index is 955. The van der Waals surface area contributed by atoms with Crippen molar-refractivity contribution in [3.8, 4) is 0 Å². The van der Waals surface area contributed by atoms with Crippen LogP contribution in [-0.4, -0.2) is 37.3 Å². The van der Waals surface area contributed by atoms with E-state index in [0.717, 1.165) is 4.31 Å². The molecule has 0 atom stereocenters. The summed E-state index contributed by atoms with van der Waals surface area (Å²) in [5.41, 5.74) is 5.56. The fourth-order valence-corrected chi connectivity index (χ4v) is 3.53. The second-order valence-corrected chi connectivity index (χ2v) is 7.86. The fraction of sp³-hybridized carbons (Fsp3) is 0.200. The van der Waals surface area contributed by atoms with Gasteiger partial charge in [0.05, 0.1) is 22.0 Å². The van der Waals surface area contributed by atoms with E-state index in [1.54, 1.807) is 18.2 Å². The van der Waals surface area contributed by atoms with E-state index < -0.39 is 15.9 Å². The van der Waals surface area contributed by atoms with Gasteiger partial charge in [-0.05, 0) is 17.7 Å². The quantitative estimate of drug-likeness (QED) is 0.786. The molecular formula is C15H18Cl2N4O3S. The molecule has 0 radical (unpaired) electrons. The number of nitrogens with two attached hydrogens (primary N) is 1. The highest BCUT2D eigenvalue weighted by molar-refractivity contribution is 7.89. The summed E-state index contributed by atoms with van der Waals surface area (Å²) in [5, 5.41) is 8.31. The van der Waals surface area contributed by atoms with Crippen LogP contribution in [0.25, 0.3) is 0 Å². The maximum atomic E-state index is 12.4. The Morgan fingerprint density at radius 1 is 1.32 bits per heavy atom. The molecule has 0 saturated heterocycles. The maximum Gasteiger partial charge on any atom is 0.252 e. The van der Waals surface area contributed by atoms with E-state index in [1.807, 2.05) is 0 Å². The summed E-state index contributed by atoms with van der Waals surface area (Å²) in [6, 6.07) is 7.78. The van der Waals surface area contributed by atoms with Crippen LogP contribution in [0.3, 0.4) is 0 Å². The first-order valence-corrected chi connectivity index (χ1v) is 8.71. The van der Waals surface area contributed by atoms with Crippen LogP contribution in [0, 0.1) is 5.41 Å². The van der Waals surface area contributed by atoms with Gasteiger partial charge in [-0.15, -0.1) is 12.4 Å². The van der Waals surface area contributed by atoms with Gasteiger partial charge in [0.25, 0.3) is 5.91 Å². The Balaban J connectivity index is 0.00000312. The van der Waals surface area contributed by atoms with Gasteiger partial charge in [-0.3, -0.25) is 10.2 Å². The molecule has 0 aliphatic carbocycles. The molecule has 3 N–H and O–H groups in total. The molecule has 0 spiro atoms. The minimum absolute atomic E-state index is 0. The third-order valence-corrected chi connectivity index (χ3v) is 5.56. The molecule has 1 aromatic carbocycles. The number of amides is 1. The molecule has 2 aromatic rings. The number of pyridine rings is 1. The predicted octanol–water partition coefficient (Wildman–Crippen LogP) is 1.44. The normalized spacial score (nSPS) is 11.2. The number of sulfonamides is 1. The number of nitrogens with one attached hydrogen (secondary N) is 1. The molecule has 10 heteroatoms. The molecule has 2 rings (SSSR count). The van der Waals surface area contributed by atoms with Gasteiger partial charge >= 0.3 is 0 Å². The van der Waals surface area contributed by atoms with Crippen molar-refractivity contribution in [2.45, 2.75) is 11.4 Å². The van der Waals surface area contributed by atoms with Crippen LogP contribution in [0.4, 0.5) is 0 Å². The highest BCUT2D eigenvalue weighted by Crippen LogP contribution is 2.19. The molecule has 0 aliphatic heterocycles. The first-order chi connectivity index (χ1) is 11.1. The van der Waals surface area contributed by atoms with Gasteiger partial charge in [0.1, 0.15) is 5.49 Å². The van der Waals surface area contributed by atoms with Gasteiger partial charge in [0.2, 0.25) is 10.0 Å². The van der Waals surface area contributed by atoms with E-state index >= 15 is 0 Å². The van der Waals surface area contributed by atoms with Crippen LogP contribution in [-0.2, 0) is 16.6 Å². The molecule has 25 heavy (non-hydrogen) atoms. The lowest BCUT2D eigenvalue weighted by Gasteiger charge is -2.16. The molecule has 0 fully saturated rings. The van der Waals surface area contributed by atoms with Crippen LogP contribution in [0.1, 0.15) is 15.9 Å². The summed E-state index contributed by atoms with van der Waals surface area (Å²) in [6.07, 6.45) is 1.45. The number of carbonyl (C=O) groups is 1. The fourth-order valence-electron chi connectivity index (χ4n) is 2.19. The first kappa shape index (κ1) is 21.2. The van der Waals surface area contributed by atoms with Crippen molar-refractivity contribution >= 4 is 39.9 Å². The van der Waals surface area contributed by atoms with Crippen molar-refractivity contribution in [3.05, 3.63) is 58.2 Å². The Morgan fingerprint density at radius 2 is 1.92 bits per heavy atom. The number of rotatable bonds is 5.